The lowest BCUT2D eigenvalue weighted by atomic mass is 10.1. The van der Waals surface area contributed by atoms with E-state index in [1.165, 1.54) is 7.11 Å². The van der Waals surface area contributed by atoms with Gasteiger partial charge in [0.2, 0.25) is 0 Å². The number of ether oxygens (including phenoxy) is 1. The third kappa shape index (κ3) is 4.30. The summed E-state index contributed by atoms with van der Waals surface area (Å²) in [5.74, 6) is -0.0789. The lowest BCUT2D eigenvalue weighted by molar-refractivity contribution is -0.142. The van der Waals surface area contributed by atoms with Gasteiger partial charge in [0, 0.05) is 29.2 Å². The fraction of sp³-hybridized carbons (Fsp3) is 0.160. The Balaban J connectivity index is 1.46. The van der Waals surface area contributed by atoms with Crippen molar-refractivity contribution in [1.29, 1.82) is 0 Å². The van der Waals surface area contributed by atoms with Gasteiger partial charge < -0.3 is 15.0 Å². The normalized spacial score (nSPS) is 11.8. The molecule has 7 nitrogen and oxygen atoms in total. The molecule has 5 aromatic rings. The number of fused-ring (bicyclic) bond motifs is 2. The fourth-order valence-corrected chi connectivity index (χ4v) is 4.00. The van der Waals surface area contributed by atoms with E-state index in [1.807, 2.05) is 30.5 Å². The number of benzene rings is 2. The van der Waals surface area contributed by atoms with E-state index in [-0.39, 0.29) is 16.9 Å². The van der Waals surface area contributed by atoms with Gasteiger partial charge in [-0.05, 0) is 36.2 Å². The van der Waals surface area contributed by atoms with Crippen LogP contribution in [-0.4, -0.2) is 39.1 Å². The van der Waals surface area contributed by atoms with E-state index in [1.54, 1.807) is 24.3 Å². The Morgan fingerprint density at radius 3 is 2.77 bits per heavy atom. The number of methoxy groups -OCH3 is 1. The van der Waals surface area contributed by atoms with Crippen molar-refractivity contribution >= 4 is 22.5 Å². The number of alkyl halides is 3. The second-order valence-electron chi connectivity index (χ2n) is 7.92. The van der Waals surface area contributed by atoms with Crippen molar-refractivity contribution in [3.63, 3.8) is 0 Å². The van der Waals surface area contributed by atoms with Crippen LogP contribution >= 0.6 is 0 Å². The van der Waals surface area contributed by atoms with Gasteiger partial charge >= 0.3 is 6.18 Å². The first-order valence-corrected chi connectivity index (χ1v) is 10.8. The monoisotopic (exact) mass is 479 g/mol. The molecular formula is C25H20F3N5O2. The summed E-state index contributed by atoms with van der Waals surface area (Å²) in [4.78, 5) is 20.4. The second-order valence-corrected chi connectivity index (χ2v) is 7.92. The molecule has 0 aliphatic rings. The van der Waals surface area contributed by atoms with Crippen LogP contribution in [-0.2, 0) is 12.6 Å². The lowest BCUT2D eigenvalue weighted by Gasteiger charge is -2.12. The average Bonchev–Trinajstić information content (AvgIpc) is 3.47. The van der Waals surface area contributed by atoms with E-state index in [9.17, 15) is 18.0 Å². The molecule has 0 atom stereocenters. The molecule has 0 bridgehead atoms. The number of rotatable bonds is 6. The number of hydrogen-bond donors (Lipinski definition) is 2. The predicted molar refractivity (Wildman–Crippen MR) is 124 cm³/mol. The molecule has 0 aliphatic heterocycles. The minimum absolute atomic E-state index is 0.0424. The number of aromatic amines is 1. The van der Waals surface area contributed by atoms with Gasteiger partial charge in [0.25, 0.3) is 5.91 Å². The van der Waals surface area contributed by atoms with Gasteiger partial charge in [-0.1, -0.05) is 30.3 Å². The summed E-state index contributed by atoms with van der Waals surface area (Å²) in [5, 5.41) is 7.64. The molecule has 1 amide bonds. The second kappa shape index (κ2) is 8.79. The zero-order valence-electron chi connectivity index (χ0n) is 18.6. The van der Waals surface area contributed by atoms with Crippen LogP contribution in [0.1, 0.15) is 21.6 Å². The number of nitrogens with zero attached hydrogens (tertiary/aromatic N) is 3. The number of H-pyrrole nitrogens is 1. The van der Waals surface area contributed by atoms with Crippen molar-refractivity contribution in [2.45, 2.75) is 12.6 Å². The Morgan fingerprint density at radius 1 is 1.14 bits per heavy atom. The van der Waals surface area contributed by atoms with Crippen LogP contribution in [0.25, 0.3) is 27.8 Å². The molecule has 5 rings (SSSR count). The molecule has 0 radical (unpaired) electrons. The number of carbonyl (C=O) groups is 1. The number of para-hydroxylation sites is 1. The molecular weight excluding hydrogens is 459 g/mol. The van der Waals surface area contributed by atoms with Crippen LogP contribution in [0.15, 0.2) is 67.0 Å². The zero-order valence-corrected chi connectivity index (χ0v) is 18.6. The fourth-order valence-electron chi connectivity index (χ4n) is 4.00. The van der Waals surface area contributed by atoms with E-state index >= 15 is 0 Å². The first-order valence-electron chi connectivity index (χ1n) is 10.8. The van der Waals surface area contributed by atoms with Gasteiger partial charge in [0.1, 0.15) is 11.3 Å². The van der Waals surface area contributed by atoms with Gasteiger partial charge in [0.15, 0.2) is 11.3 Å². The molecule has 0 fully saturated rings. The van der Waals surface area contributed by atoms with Crippen molar-refractivity contribution < 1.29 is 22.7 Å². The Labute approximate surface area is 197 Å². The van der Waals surface area contributed by atoms with Crippen molar-refractivity contribution in [3.8, 4) is 17.0 Å². The van der Waals surface area contributed by atoms with Crippen molar-refractivity contribution in [2.75, 3.05) is 13.7 Å². The highest BCUT2D eigenvalue weighted by Crippen LogP contribution is 2.33. The van der Waals surface area contributed by atoms with Crippen LogP contribution in [0.4, 0.5) is 13.2 Å². The van der Waals surface area contributed by atoms with Crippen LogP contribution in [0.5, 0.6) is 5.75 Å². The molecule has 2 aromatic carbocycles. The van der Waals surface area contributed by atoms with E-state index in [4.69, 9.17) is 4.74 Å². The van der Waals surface area contributed by atoms with E-state index in [0.29, 0.717) is 28.8 Å². The van der Waals surface area contributed by atoms with Crippen LogP contribution in [0.2, 0.25) is 0 Å². The molecule has 0 spiro atoms. The molecule has 2 N–H and O–H groups in total. The highest BCUT2D eigenvalue weighted by molar-refractivity contribution is 6.00. The summed E-state index contributed by atoms with van der Waals surface area (Å²) < 4.78 is 47.3. The maximum atomic E-state index is 13.8. The summed E-state index contributed by atoms with van der Waals surface area (Å²) in [6.45, 7) is 0.291. The van der Waals surface area contributed by atoms with Gasteiger partial charge in [-0.25, -0.2) is 9.50 Å². The van der Waals surface area contributed by atoms with Crippen molar-refractivity contribution in [1.82, 2.24) is 24.9 Å². The number of hydrogen-bond acceptors (Lipinski definition) is 4. The minimum atomic E-state index is -4.70. The maximum Gasteiger partial charge on any atom is 0.433 e. The van der Waals surface area contributed by atoms with E-state index in [2.05, 4.69) is 20.4 Å². The number of aromatic nitrogens is 4. The average molecular weight is 479 g/mol. The van der Waals surface area contributed by atoms with Crippen molar-refractivity contribution in [2.24, 2.45) is 0 Å². The molecule has 0 unspecified atom stereocenters. The Bertz CT molecular complexity index is 1540. The van der Waals surface area contributed by atoms with E-state index in [0.717, 1.165) is 28.7 Å². The molecule has 3 heterocycles. The lowest BCUT2D eigenvalue weighted by Crippen LogP contribution is -2.26. The van der Waals surface area contributed by atoms with E-state index < -0.39 is 17.8 Å². The summed E-state index contributed by atoms with van der Waals surface area (Å²) in [6.07, 6.45) is -1.17. The number of amides is 1. The molecule has 0 aliphatic carbocycles. The predicted octanol–water partition coefficient (Wildman–Crippen LogP) is 4.88. The Morgan fingerprint density at radius 2 is 1.97 bits per heavy atom. The summed E-state index contributed by atoms with van der Waals surface area (Å²) in [6, 6.07) is 15.2. The highest BCUT2D eigenvalue weighted by Gasteiger charge is 2.36. The van der Waals surface area contributed by atoms with Crippen LogP contribution < -0.4 is 10.1 Å². The zero-order chi connectivity index (χ0) is 24.6. The summed E-state index contributed by atoms with van der Waals surface area (Å²) in [7, 11) is 1.46. The quantitative estimate of drug-likeness (QED) is 0.364. The van der Waals surface area contributed by atoms with Gasteiger partial charge in [-0.3, -0.25) is 4.79 Å². The van der Waals surface area contributed by atoms with Gasteiger partial charge in [-0.15, -0.1) is 0 Å². The molecule has 10 heteroatoms. The standard InChI is InChI=1S/C25H20F3N5O2/c1-35-17-6-4-5-15(11-17)21-12-22(25(26,27)28)33-23(32-21)19(14-31-33)24(34)29-10-9-16-13-30-20-8-3-2-7-18(16)20/h2-8,11-14,30H,9-10H2,1H3,(H,29,34). The third-order valence-electron chi connectivity index (χ3n) is 5.73. The van der Waals surface area contributed by atoms with Gasteiger partial charge in [-0.2, -0.15) is 18.3 Å². The first-order chi connectivity index (χ1) is 16.8. The molecule has 0 saturated carbocycles. The summed E-state index contributed by atoms with van der Waals surface area (Å²) in [5.41, 5.74) is 1.24. The molecule has 178 valence electrons. The third-order valence-corrected chi connectivity index (χ3v) is 5.73. The molecule has 3 aromatic heterocycles. The minimum Gasteiger partial charge on any atom is -0.497 e. The first kappa shape index (κ1) is 22.5. The topological polar surface area (TPSA) is 84.3 Å². The number of carbonyl (C=O) groups excluding carboxylic acids is 1. The number of nitrogens with one attached hydrogen (secondary N) is 2. The number of halogens is 3. The highest BCUT2D eigenvalue weighted by atomic mass is 19.4. The van der Waals surface area contributed by atoms with Gasteiger partial charge in [0.05, 0.1) is 19.0 Å². The van der Waals surface area contributed by atoms with Crippen LogP contribution in [0.3, 0.4) is 0 Å². The summed E-state index contributed by atoms with van der Waals surface area (Å²) >= 11 is 0. The molecule has 0 saturated heterocycles. The Kier molecular flexibility index (Phi) is 5.64. The largest absolute Gasteiger partial charge is 0.497 e. The molecule has 35 heavy (non-hydrogen) atoms. The smallest absolute Gasteiger partial charge is 0.433 e. The van der Waals surface area contributed by atoms with Crippen LogP contribution in [0, 0.1) is 0 Å². The Hall–Kier alpha value is -4.34. The SMILES string of the molecule is COc1cccc(-c2cc(C(F)(F)F)n3ncc(C(=O)NCCc4c[nH]c5ccccc45)c3n2)c1. The van der Waals surface area contributed by atoms with Crippen molar-refractivity contribution in [3.05, 3.63) is 83.8 Å². The maximum absolute atomic E-state index is 13.8.